The van der Waals surface area contributed by atoms with Gasteiger partial charge < -0.3 is 14.9 Å². The highest BCUT2D eigenvalue weighted by atomic mass is 16.5. The van der Waals surface area contributed by atoms with E-state index in [9.17, 15) is 14.4 Å². The molecule has 0 heterocycles. The molecule has 0 unspecified atom stereocenters. The first-order valence-electron chi connectivity index (χ1n) is 13.7. The standard InChI is InChI=1S/C28H44O6/c1-17(4-9-24(29)30)21-7-8-22-20-6-5-18-16-19(34-26(33)11-10-25(31)32)12-14-27(18,2)23(20)13-15-28(21,22)3/h17-23H,4-16H2,1-3H3,(H,29,30)(H,31,32)/t17-,18-,19-,20+,21-,22+,23+,27+,28-/m1/s1. The van der Waals surface area contributed by atoms with Crippen molar-refractivity contribution in [2.24, 2.45) is 46.3 Å². The molecule has 34 heavy (non-hydrogen) atoms. The summed E-state index contributed by atoms with van der Waals surface area (Å²) in [5, 5.41) is 18.0. The molecule has 0 aromatic rings. The van der Waals surface area contributed by atoms with Gasteiger partial charge in [-0.05, 0) is 111 Å². The largest absolute Gasteiger partial charge is 0.481 e. The summed E-state index contributed by atoms with van der Waals surface area (Å²) in [5.41, 5.74) is 0.653. The lowest BCUT2D eigenvalue weighted by molar-refractivity contribution is -0.164. The molecule has 6 heteroatoms. The first-order chi connectivity index (χ1) is 16.0. The number of carboxylic acid groups (broad SMARTS) is 2. The fourth-order valence-electron chi connectivity index (χ4n) is 9.31. The Balaban J connectivity index is 1.39. The number of rotatable bonds is 8. The van der Waals surface area contributed by atoms with Gasteiger partial charge in [0, 0.05) is 6.42 Å². The number of ether oxygens (including phenoxy) is 1. The van der Waals surface area contributed by atoms with Gasteiger partial charge in [-0.1, -0.05) is 20.8 Å². The van der Waals surface area contributed by atoms with Crippen LogP contribution in [0.2, 0.25) is 0 Å². The molecule has 4 aliphatic rings. The number of aliphatic carboxylic acids is 2. The highest BCUT2D eigenvalue weighted by Gasteiger charge is 2.60. The molecule has 0 spiro atoms. The van der Waals surface area contributed by atoms with Crippen LogP contribution in [0.4, 0.5) is 0 Å². The number of carboxylic acids is 2. The van der Waals surface area contributed by atoms with E-state index in [1.165, 1.54) is 38.5 Å². The Bertz CT molecular complexity index is 794. The summed E-state index contributed by atoms with van der Waals surface area (Å²) in [6, 6.07) is 0. The lowest BCUT2D eigenvalue weighted by Gasteiger charge is -2.61. The van der Waals surface area contributed by atoms with Gasteiger partial charge >= 0.3 is 17.9 Å². The summed E-state index contributed by atoms with van der Waals surface area (Å²) in [7, 11) is 0. The van der Waals surface area contributed by atoms with Crippen molar-refractivity contribution in [3.05, 3.63) is 0 Å². The lowest BCUT2D eigenvalue weighted by atomic mass is 9.44. The van der Waals surface area contributed by atoms with Gasteiger partial charge in [-0.15, -0.1) is 0 Å². The number of fused-ring (bicyclic) bond motifs is 5. The van der Waals surface area contributed by atoms with Gasteiger partial charge in [-0.3, -0.25) is 14.4 Å². The van der Waals surface area contributed by atoms with Crippen LogP contribution in [0.3, 0.4) is 0 Å². The van der Waals surface area contributed by atoms with Gasteiger partial charge in [0.15, 0.2) is 0 Å². The van der Waals surface area contributed by atoms with Gasteiger partial charge in [0.1, 0.15) is 6.10 Å². The van der Waals surface area contributed by atoms with Gasteiger partial charge in [-0.2, -0.15) is 0 Å². The molecule has 4 rings (SSSR count). The van der Waals surface area contributed by atoms with E-state index < -0.39 is 11.9 Å². The third kappa shape index (κ3) is 4.75. The molecule has 0 aromatic carbocycles. The van der Waals surface area contributed by atoms with Crippen LogP contribution >= 0.6 is 0 Å². The van der Waals surface area contributed by atoms with Gasteiger partial charge in [0.05, 0.1) is 12.8 Å². The van der Waals surface area contributed by atoms with Crippen LogP contribution in [0.25, 0.3) is 0 Å². The molecule has 2 N–H and O–H groups in total. The zero-order valence-electron chi connectivity index (χ0n) is 21.3. The highest BCUT2D eigenvalue weighted by molar-refractivity contribution is 5.76. The maximum atomic E-state index is 12.1. The van der Waals surface area contributed by atoms with E-state index >= 15 is 0 Å². The second-order valence-corrected chi connectivity index (χ2v) is 12.6. The third-order valence-electron chi connectivity index (χ3n) is 11.0. The van der Waals surface area contributed by atoms with Gasteiger partial charge in [0.2, 0.25) is 0 Å². The van der Waals surface area contributed by atoms with Crippen LogP contribution in [-0.2, 0) is 19.1 Å². The zero-order chi connectivity index (χ0) is 24.7. The quantitative estimate of drug-likeness (QED) is 0.422. The maximum Gasteiger partial charge on any atom is 0.306 e. The Morgan fingerprint density at radius 3 is 2.24 bits per heavy atom. The number of carbonyl (C=O) groups excluding carboxylic acids is 1. The average Bonchev–Trinajstić information content (AvgIpc) is 3.13. The Morgan fingerprint density at radius 1 is 0.853 bits per heavy atom. The first kappa shape index (κ1) is 25.5. The Kier molecular flexibility index (Phi) is 7.36. The van der Waals surface area contributed by atoms with E-state index in [0.717, 1.165) is 43.4 Å². The van der Waals surface area contributed by atoms with E-state index in [-0.39, 0.29) is 31.3 Å². The number of carbonyl (C=O) groups is 3. The molecular weight excluding hydrogens is 432 g/mol. The molecular formula is C28H44O6. The van der Waals surface area contributed by atoms with Crippen LogP contribution in [-0.4, -0.2) is 34.2 Å². The SMILES string of the molecule is C[C@H](CCC(=O)O)[C@H]1CC[C@H]2[C@@H]3CC[C@@H]4C[C@H](OC(=O)CCC(=O)O)CC[C@]4(C)[C@H]3CC[C@]12C. The molecule has 0 saturated heterocycles. The van der Waals surface area contributed by atoms with E-state index in [0.29, 0.717) is 28.6 Å². The fourth-order valence-corrected chi connectivity index (χ4v) is 9.31. The molecule has 4 aliphatic carbocycles. The minimum atomic E-state index is -0.957. The van der Waals surface area contributed by atoms with Crippen molar-refractivity contribution < 1.29 is 29.3 Å². The molecule has 0 amide bonds. The molecule has 192 valence electrons. The first-order valence-corrected chi connectivity index (χ1v) is 13.7. The van der Waals surface area contributed by atoms with Crippen LogP contribution in [0.15, 0.2) is 0 Å². The van der Waals surface area contributed by atoms with Crippen molar-refractivity contribution in [2.75, 3.05) is 0 Å². The van der Waals surface area contributed by atoms with Crippen molar-refractivity contribution in [3.8, 4) is 0 Å². The predicted octanol–water partition coefficient (Wildman–Crippen LogP) is 5.92. The molecule has 9 atom stereocenters. The van der Waals surface area contributed by atoms with Gasteiger partial charge in [-0.25, -0.2) is 0 Å². The molecule has 0 radical (unpaired) electrons. The van der Waals surface area contributed by atoms with Crippen molar-refractivity contribution in [1.82, 2.24) is 0 Å². The lowest BCUT2D eigenvalue weighted by Crippen LogP contribution is -2.54. The van der Waals surface area contributed by atoms with E-state index in [1.54, 1.807) is 0 Å². The van der Waals surface area contributed by atoms with Crippen molar-refractivity contribution in [3.63, 3.8) is 0 Å². The topological polar surface area (TPSA) is 101 Å². The van der Waals surface area contributed by atoms with Crippen molar-refractivity contribution >= 4 is 17.9 Å². The molecule has 0 aromatic heterocycles. The number of hydrogen-bond donors (Lipinski definition) is 2. The van der Waals surface area contributed by atoms with Crippen LogP contribution in [0.1, 0.15) is 104 Å². The monoisotopic (exact) mass is 476 g/mol. The van der Waals surface area contributed by atoms with Crippen LogP contribution in [0, 0.1) is 46.3 Å². The van der Waals surface area contributed by atoms with Crippen LogP contribution < -0.4 is 0 Å². The average molecular weight is 477 g/mol. The summed E-state index contributed by atoms with van der Waals surface area (Å²) < 4.78 is 5.69. The summed E-state index contributed by atoms with van der Waals surface area (Å²) >= 11 is 0. The van der Waals surface area contributed by atoms with E-state index in [2.05, 4.69) is 20.8 Å². The molecule has 6 nitrogen and oxygen atoms in total. The van der Waals surface area contributed by atoms with E-state index in [4.69, 9.17) is 14.9 Å². The second-order valence-electron chi connectivity index (χ2n) is 12.6. The molecule has 4 fully saturated rings. The highest BCUT2D eigenvalue weighted by Crippen LogP contribution is 2.68. The summed E-state index contributed by atoms with van der Waals surface area (Å²) in [6.45, 7) is 7.30. The minimum Gasteiger partial charge on any atom is -0.481 e. The Morgan fingerprint density at radius 2 is 1.53 bits per heavy atom. The van der Waals surface area contributed by atoms with Crippen molar-refractivity contribution in [1.29, 1.82) is 0 Å². The molecule has 0 bridgehead atoms. The molecule has 0 aliphatic heterocycles. The second kappa shape index (κ2) is 9.81. The maximum absolute atomic E-state index is 12.1. The summed E-state index contributed by atoms with van der Waals surface area (Å²) in [4.78, 5) is 34.0. The summed E-state index contributed by atoms with van der Waals surface area (Å²) in [6.07, 6.45) is 11.3. The number of hydrogen-bond acceptors (Lipinski definition) is 4. The normalized spacial score (nSPS) is 42.1. The molecule has 4 saturated carbocycles. The van der Waals surface area contributed by atoms with Crippen molar-refractivity contribution in [2.45, 2.75) is 110 Å². The summed E-state index contributed by atoms with van der Waals surface area (Å²) in [5.74, 6) is 1.96. The third-order valence-corrected chi connectivity index (χ3v) is 11.0. The Hall–Kier alpha value is -1.59. The Labute approximate surface area is 204 Å². The smallest absolute Gasteiger partial charge is 0.306 e. The van der Waals surface area contributed by atoms with Crippen LogP contribution in [0.5, 0.6) is 0 Å². The van der Waals surface area contributed by atoms with E-state index in [1.807, 2.05) is 0 Å². The zero-order valence-corrected chi connectivity index (χ0v) is 21.3. The minimum absolute atomic E-state index is 0.0369. The predicted molar refractivity (Wildman–Crippen MR) is 128 cm³/mol. The fraction of sp³-hybridized carbons (Fsp3) is 0.893. The number of esters is 1. The van der Waals surface area contributed by atoms with Gasteiger partial charge in [0.25, 0.3) is 0 Å².